The first-order valence-corrected chi connectivity index (χ1v) is 5.36. The van der Waals surface area contributed by atoms with Crippen molar-refractivity contribution in [3.05, 3.63) is 46.5 Å². The van der Waals surface area contributed by atoms with Crippen molar-refractivity contribution in [2.24, 2.45) is 0 Å². The standard InChI is InChI=1S/C17H8O2/c1-4-11-7-8-12(5-2)16-13(6-3)9-14(17(18)19)10-15(11)16/h1-3,7-10H,(H,18,19). The van der Waals surface area contributed by atoms with Crippen LogP contribution in [-0.2, 0) is 0 Å². The lowest BCUT2D eigenvalue weighted by Gasteiger charge is -2.08. The van der Waals surface area contributed by atoms with Crippen LogP contribution in [0.2, 0.25) is 0 Å². The summed E-state index contributed by atoms with van der Waals surface area (Å²) in [4.78, 5) is 11.1. The van der Waals surface area contributed by atoms with Gasteiger partial charge in [0.1, 0.15) is 0 Å². The number of hydrogen-bond donors (Lipinski definition) is 1. The maximum absolute atomic E-state index is 11.1. The molecule has 88 valence electrons. The molecule has 2 nitrogen and oxygen atoms in total. The molecule has 2 heteroatoms. The topological polar surface area (TPSA) is 37.3 Å². The van der Waals surface area contributed by atoms with Crippen LogP contribution >= 0.6 is 0 Å². The summed E-state index contributed by atoms with van der Waals surface area (Å²) in [6.45, 7) is 0. The van der Waals surface area contributed by atoms with Crippen LogP contribution in [0.3, 0.4) is 0 Å². The monoisotopic (exact) mass is 244 g/mol. The predicted molar refractivity (Wildman–Crippen MR) is 74.7 cm³/mol. The maximum Gasteiger partial charge on any atom is 0.335 e. The number of carboxylic acids is 1. The summed E-state index contributed by atoms with van der Waals surface area (Å²) in [6, 6.07) is 6.31. The van der Waals surface area contributed by atoms with Crippen LogP contribution < -0.4 is 0 Å². The zero-order chi connectivity index (χ0) is 14.0. The maximum atomic E-state index is 11.1. The number of carboxylic acid groups (broad SMARTS) is 1. The van der Waals surface area contributed by atoms with E-state index in [0.717, 1.165) is 0 Å². The number of fused-ring (bicyclic) bond motifs is 1. The van der Waals surface area contributed by atoms with E-state index >= 15 is 0 Å². The lowest BCUT2D eigenvalue weighted by Crippen LogP contribution is -1.99. The van der Waals surface area contributed by atoms with Crippen molar-refractivity contribution in [2.75, 3.05) is 0 Å². The number of terminal acetylenes is 3. The summed E-state index contributed by atoms with van der Waals surface area (Å²) < 4.78 is 0. The van der Waals surface area contributed by atoms with Crippen LogP contribution in [-0.4, -0.2) is 11.1 Å². The molecule has 2 aromatic carbocycles. The highest BCUT2D eigenvalue weighted by Gasteiger charge is 2.12. The van der Waals surface area contributed by atoms with Crippen molar-refractivity contribution >= 4 is 16.7 Å². The first kappa shape index (κ1) is 12.3. The Morgan fingerprint density at radius 2 is 1.53 bits per heavy atom. The van der Waals surface area contributed by atoms with E-state index in [1.165, 1.54) is 12.1 Å². The van der Waals surface area contributed by atoms with E-state index in [0.29, 0.717) is 27.5 Å². The third-order valence-corrected chi connectivity index (χ3v) is 2.83. The Labute approximate surface area is 111 Å². The fourth-order valence-electron chi connectivity index (χ4n) is 1.97. The second-order valence-corrected chi connectivity index (χ2v) is 3.85. The number of hydrogen-bond acceptors (Lipinski definition) is 1. The minimum atomic E-state index is -1.06. The van der Waals surface area contributed by atoms with Crippen LogP contribution in [0.4, 0.5) is 0 Å². The normalized spacial score (nSPS) is 9.32. The van der Waals surface area contributed by atoms with Gasteiger partial charge in [0.2, 0.25) is 0 Å². The molecule has 0 amide bonds. The van der Waals surface area contributed by atoms with E-state index in [-0.39, 0.29) is 5.56 Å². The third kappa shape index (κ3) is 1.91. The fourth-order valence-corrected chi connectivity index (χ4v) is 1.97. The molecule has 19 heavy (non-hydrogen) atoms. The summed E-state index contributed by atoms with van der Waals surface area (Å²) in [7, 11) is 0. The molecule has 0 fully saturated rings. The molecule has 0 radical (unpaired) electrons. The van der Waals surface area contributed by atoms with Crippen molar-refractivity contribution in [1.82, 2.24) is 0 Å². The van der Waals surface area contributed by atoms with Gasteiger partial charge in [-0.1, -0.05) is 17.8 Å². The summed E-state index contributed by atoms with van der Waals surface area (Å²) in [6.07, 6.45) is 16.3. The molecule has 0 spiro atoms. The Hall–Kier alpha value is -3.15. The molecule has 0 saturated heterocycles. The Bertz CT molecular complexity index is 821. The van der Waals surface area contributed by atoms with Crippen LogP contribution in [0.25, 0.3) is 10.8 Å². The highest BCUT2D eigenvalue weighted by Crippen LogP contribution is 2.27. The Morgan fingerprint density at radius 1 is 0.947 bits per heavy atom. The zero-order valence-corrected chi connectivity index (χ0v) is 9.90. The molecule has 0 unspecified atom stereocenters. The van der Waals surface area contributed by atoms with Gasteiger partial charge in [-0.3, -0.25) is 0 Å². The molecular weight excluding hydrogens is 236 g/mol. The summed E-state index contributed by atoms with van der Waals surface area (Å²) in [5, 5.41) is 10.3. The molecule has 2 rings (SSSR count). The number of aromatic carboxylic acids is 1. The molecule has 0 saturated carbocycles. The van der Waals surface area contributed by atoms with Crippen molar-refractivity contribution in [3.63, 3.8) is 0 Å². The van der Waals surface area contributed by atoms with Gasteiger partial charge in [-0.15, -0.1) is 19.3 Å². The van der Waals surface area contributed by atoms with Gasteiger partial charge in [-0.2, -0.15) is 0 Å². The molecule has 0 aliphatic rings. The van der Waals surface area contributed by atoms with Crippen molar-refractivity contribution < 1.29 is 9.90 Å². The predicted octanol–water partition coefficient (Wildman–Crippen LogP) is 2.48. The molecule has 0 aliphatic heterocycles. The lowest BCUT2D eigenvalue weighted by molar-refractivity contribution is 0.0697. The molecular formula is C17H8O2. The van der Waals surface area contributed by atoms with E-state index < -0.39 is 5.97 Å². The minimum absolute atomic E-state index is 0.0890. The highest BCUT2D eigenvalue weighted by atomic mass is 16.4. The Morgan fingerprint density at radius 3 is 2.05 bits per heavy atom. The van der Waals surface area contributed by atoms with Gasteiger partial charge >= 0.3 is 5.97 Å². The van der Waals surface area contributed by atoms with Gasteiger partial charge in [0.15, 0.2) is 0 Å². The van der Waals surface area contributed by atoms with Crippen LogP contribution in [0.1, 0.15) is 27.0 Å². The fraction of sp³-hybridized carbons (Fsp3) is 0. The van der Waals surface area contributed by atoms with Gasteiger partial charge < -0.3 is 5.11 Å². The first-order chi connectivity index (χ1) is 9.12. The second kappa shape index (κ2) is 4.61. The van der Waals surface area contributed by atoms with E-state index in [2.05, 4.69) is 17.8 Å². The average Bonchev–Trinajstić information content (AvgIpc) is 2.44. The van der Waals surface area contributed by atoms with Crippen LogP contribution in [0.5, 0.6) is 0 Å². The summed E-state index contributed by atoms with van der Waals surface area (Å²) in [5.41, 5.74) is 1.68. The van der Waals surface area contributed by atoms with E-state index in [1.807, 2.05) is 0 Å². The summed E-state index contributed by atoms with van der Waals surface area (Å²) in [5.74, 6) is 6.44. The quantitative estimate of drug-likeness (QED) is 0.782. The molecule has 2 aromatic rings. The smallest absolute Gasteiger partial charge is 0.335 e. The van der Waals surface area contributed by atoms with Crippen molar-refractivity contribution in [1.29, 1.82) is 0 Å². The number of carbonyl (C=O) groups is 1. The van der Waals surface area contributed by atoms with E-state index in [4.69, 9.17) is 24.4 Å². The number of benzene rings is 2. The molecule has 0 atom stereocenters. The molecule has 0 aliphatic carbocycles. The number of rotatable bonds is 1. The zero-order valence-electron chi connectivity index (χ0n) is 9.90. The van der Waals surface area contributed by atoms with E-state index in [9.17, 15) is 4.79 Å². The lowest BCUT2D eigenvalue weighted by atomic mass is 9.94. The highest BCUT2D eigenvalue weighted by molar-refractivity contribution is 6.02. The van der Waals surface area contributed by atoms with Gasteiger partial charge in [0.05, 0.1) is 5.56 Å². The molecule has 0 bridgehead atoms. The van der Waals surface area contributed by atoms with Crippen LogP contribution in [0, 0.1) is 37.0 Å². The molecule has 0 aromatic heterocycles. The second-order valence-electron chi connectivity index (χ2n) is 3.85. The Kier molecular flexibility index (Phi) is 2.99. The van der Waals surface area contributed by atoms with Crippen molar-refractivity contribution in [2.45, 2.75) is 0 Å². The molecule has 0 heterocycles. The van der Waals surface area contributed by atoms with Gasteiger partial charge in [0, 0.05) is 27.5 Å². The van der Waals surface area contributed by atoms with Crippen LogP contribution in [0.15, 0.2) is 24.3 Å². The third-order valence-electron chi connectivity index (χ3n) is 2.83. The summed E-state index contributed by atoms with van der Waals surface area (Å²) >= 11 is 0. The van der Waals surface area contributed by atoms with Gasteiger partial charge in [0.25, 0.3) is 0 Å². The molecule has 1 N–H and O–H groups in total. The van der Waals surface area contributed by atoms with Crippen molar-refractivity contribution in [3.8, 4) is 37.0 Å². The SMILES string of the molecule is C#Cc1ccc(C#C)c2c(C#C)cc(C(=O)O)cc12. The average molecular weight is 244 g/mol. The van der Waals surface area contributed by atoms with E-state index in [1.54, 1.807) is 12.1 Å². The first-order valence-electron chi connectivity index (χ1n) is 5.36. The van der Waals surface area contributed by atoms with Gasteiger partial charge in [-0.05, 0) is 24.3 Å². The van der Waals surface area contributed by atoms with Gasteiger partial charge in [-0.25, -0.2) is 4.79 Å². The largest absolute Gasteiger partial charge is 0.478 e. The Balaban J connectivity index is 3.07. The minimum Gasteiger partial charge on any atom is -0.478 e.